The SMILES string of the molecule is CCNC(c1cnccn1)c1ccc(Br)c(Cl)c1F. The minimum atomic E-state index is -0.451. The van der Waals surface area contributed by atoms with Gasteiger partial charge in [-0.15, -0.1) is 0 Å². The summed E-state index contributed by atoms with van der Waals surface area (Å²) >= 11 is 9.13. The van der Waals surface area contributed by atoms with Crippen molar-refractivity contribution in [2.75, 3.05) is 6.54 Å². The van der Waals surface area contributed by atoms with E-state index in [-0.39, 0.29) is 11.1 Å². The van der Waals surface area contributed by atoms with E-state index >= 15 is 0 Å². The molecule has 0 amide bonds. The van der Waals surface area contributed by atoms with Crippen LogP contribution in [0, 0.1) is 5.82 Å². The highest BCUT2D eigenvalue weighted by Gasteiger charge is 2.21. The number of rotatable bonds is 4. The van der Waals surface area contributed by atoms with E-state index in [1.165, 1.54) is 0 Å². The molecule has 0 aliphatic carbocycles. The molecular weight excluding hydrogens is 333 g/mol. The van der Waals surface area contributed by atoms with Gasteiger partial charge in [0.1, 0.15) is 5.82 Å². The highest BCUT2D eigenvalue weighted by Crippen LogP contribution is 2.32. The highest BCUT2D eigenvalue weighted by atomic mass is 79.9. The summed E-state index contributed by atoms with van der Waals surface area (Å²) in [6.45, 7) is 2.62. The third-order valence-electron chi connectivity index (χ3n) is 2.66. The van der Waals surface area contributed by atoms with E-state index in [2.05, 4.69) is 31.2 Å². The average Bonchev–Trinajstić information content (AvgIpc) is 2.44. The third kappa shape index (κ3) is 3.11. The van der Waals surface area contributed by atoms with Gasteiger partial charge in [0.25, 0.3) is 0 Å². The Labute approximate surface area is 124 Å². The molecule has 2 aromatic rings. The standard InChI is InChI=1S/C13H12BrClFN3/c1-2-18-13(10-7-17-5-6-19-10)8-3-4-9(14)11(15)12(8)16/h3-7,13,18H,2H2,1H3. The van der Waals surface area contributed by atoms with Gasteiger partial charge in [0, 0.05) is 22.4 Å². The molecule has 0 bridgehead atoms. The Morgan fingerprint density at radius 2 is 2.21 bits per heavy atom. The van der Waals surface area contributed by atoms with Crippen LogP contribution in [-0.4, -0.2) is 16.5 Å². The predicted octanol–water partition coefficient (Wildman–Crippen LogP) is 3.73. The molecule has 0 saturated carbocycles. The Balaban J connectivity index is 2.49. The Morgan fingerprint density at radius 1 is 1.42 bits per heavy atom. The smallest absolute Gasteiger partial charge is 0.148 e. The first-order valence-corrected chi connectivity index (χ1v) is 6.95. The van der Waals surface area contributed by atoms with Crippen molar-refractivity contribution in [2.45, 2.75) is 13.0 Å². The summed E-state index contributed by atoms with van der Waals surface area (Å²) in [6.07, 6.45) is 4.78. The summed E-state index contributed by atoms with van der Waals surface area (Å²) in [5, 5.41) is 3.26. The van der Waals surface area contributed by atoms with Crippen LogP contribution in [0.1, 0.15) is 24.2 Å². The van der Waals surface area contributed by atoms with Crippen LogP contribution >= 0.6 is 27.5 Å². The van der Waals surface area contributed by atoms with Crippen LogP contribution in [0.4, 0.5) is 4.39 Å². The lowest BCUT2D eigenvalue weighted by molar-refractivity contribution is 0.550. The number of hydrogen-bond acceptors (Lipinski definition) is 3. The molecule has 1 unspecified atom stereocenters. The largest absolute Gasteiger partial charge is 0.305 e. The summed E-state index contributed by atoms with van der Waals surface area (Å²) in [6, 6.07) is 3.04. The van der Waals surface area contributed by atoms with Crippen LogP contribution in [0.3, 0.4) is 0 Å². The Hall–Kier alpha value is -1.04. The van der Waals surface area contributed by atoms with Crippen molar-refractivity contribution in [2.24, 2.45) is 0 Å². The van der Waals surface area contributed by atoms with Crippen LogP contribution in [0.15, 0.2) is 35.2 Å². The molecule has 0 aliphatic rings. The number of nitrogens with zero attached hydrogens (tertiary/aromatic N) is 2. The van der Waals surface area contributed by atoms with E-state index in [0.29, 0.717) is 22.3 Å². The number of benzene rings is 1. The first-order valence-electron chi connectivity index (χ1n) is 5.77. The number of halogens is 3. The maximum Gasteiger partial charge on any atom is 0.148 e. The molecule has 3 nitrogen and oxygen atoms in total. The summed E-state index contributed by atoms with van der Waals surface area (Å²) in [5.74, 6) is -0.451. The van der Waals surface area contributed by atoms with Gasteiger partial charge in [0.05, 0.1) is 23.0 Å². The van der Waals surface area contributed by atoms with E-state index in [9.17, 15) is 4.39 Å². The van der Waals surface area contributed by atoms with Crippen molar-refractivity contribution in [3.8, 4) is 0 Å². The van der Waals surface area contributed by atoms with Crippen LogP contribution in [-0.2, 0) is 0 Å². The van der Waals surface area contributed by atoms with Gasteiger partial charge < -0.3 is 5.32 Å². The maximum atomic E-state index is 14.3. The van der Waals surface area contributed by atoms with Crippen molar-refractivity contribution >= 4 is 27.5 Å². The summed E-state index contributed by atoms with van der Waals surface area (Å²) in [4.78, 5) is 8.24. The molecule has 100 valence electrons. The maximum absolute atomic E-state index is 14.3. The van der Waals surface area contributed by atoms with E-state index in [1.54, 1.807) is 30.7 Å². The Bertz CT molecular complexity index is 565. The average molecular weight is 345 g/mol. The van der Waals surface area contributed by atoms with Gasteiger partial charge >= 0.3 is 0 Å². The third-order valence-corrected chi connectivity index (χ3v) is 3.92. The van der Waals surface area contributed by atoms with E-state index in [1.807, 2.05) is 6.92 Å². The lowest BCUT2D eigenvalue weighted by atomic mass is 10.0. The van der Waals surface area contributed by atoms with Gasteiger partial charge in [0.2, 0.25) is 0 Å². The van der Waals surface area contributed by atoms with Gasteiger partial charge in [-0.3, -0.25) is 9.97 Å². The summed E-state index contributed by atoms with van der Waals surface area (Å²) < 4.78 is 14.8. The van der Waals surface area contributed by atoms with E-state index in [0.717, 1.165) is 0 Å². The van der Waals surface area contributed by atoms with Gasteiger partial charge in [-0.1, -0.05) is 24.6 Å². The molecule has 1 heterocycles. The first-order chi connectivity index (χ1) is 9.15. The minimum Gasteiger partial charge on any atom is -0.305 e. The van der Waals surface area contributed by atoms with Crippen LogP contribution in [0.2, 0.25) is 5.02 Å². The van der Waals surface area contributed by atoms with Gasteiger partial charge in [-0.05, 0) is 28.5 Å². The topological polar surface area (TPSA) is 37.8 Å². The number of aromatic nitrogens is 2. The molecular formula is C13H12BrClFN3. The van der Waals surface area contributed by atoms with Crippen molar-refractivity contribution in [3.63, 3.8) is 0 Å². The molecule has 0 radical (unpaired) electrons. The summed E-state index contributed by atoms with van der Waals surface area (Å²) in [5.41, 5.74) is 1.11. The second-order valence-corrected chi connectivity index (χ2v) is 5.12. The van der Waals surface area contributed by atoms with Crippen molar-refractivity contribution < 1.29 is 4.39 Å². The van der Waals surface area contributed by atoms with Crippen molar-refractivity contribution in [1.29, 1.82) is 0 Å². The quantitative estimate of drug-likeness (QED) is 0.859. The second kappa shape index (κ2) is 6.41. The highest BCUT2D eigenvalue weighted by molar-refractivity contribution is 9.10. The zero-order valence-electron chi connectivity index (χ0n) is 10.2. The van der Waals surface area contributed by atoms with E-state index in [4.69, 9.17) is 11.6 Å². The molecule has 2 rings (SSSR count). The van der Waals surface area contributed by atoms with Gasteiger partial charge in [0.15, 0.2) is 0 Å². The normalized spacial score (nSPS) is 12.4. The van der Waals surface area contributed by atoms with Crippen LogP contribution in [0.25, 0.3) is 0 Å². The van der Waals surface area contributed by atoms with Crippen molar-refractivity contribution in [1.82, 2.24) is 15.3 Å². The second-order valence-electron chi connectivity index (χ2n) is 3.89. The summed E-state index contributed by atoms with van der Waals surface area (Å²) in [7, 11) is 0. The predicted molar refractivity (Wildman–Crippen MR) is 76.7 cm³/mol. The lowest BCUT2D eigenvalue weighted by Gasteiger charge is -2.18. The fraction of sp³-hybridized carbons (Fsp3) is 0.231. The number of nitrogens with one attached hydrogen (secondary N) is 1. The molecule has 1 atom stereocenters. The molecule has 0 spiro atoms. The first kappa shape index (κ1) is 14.4. The molecule has 1 aromatic carbocycles. The van der Waals surface area contributed by atoms with Gasteiger partial charge in [-0.2, -0.15) is 0 Å². The zero-order chi connectivity index (χ0) is 13.8. The molecule has 0 fully saturated rings. The fourth-order valence-electron chi connectivity index (χ4n) is 1.80. The van der Waals surface area contributed by atoms with Crippen LogP contribution in [0.5, 0.6) is 0 Å². The van der Waals surface area contributed by atoms with Crippen molar-refractivity contribution in [3.05, 3.63) is 57.3 Å². The Kier molecular flexibility index (Phi) is 4.85. The molecule has 1 N–H and O–H groups in total. The monoisotopic (exact) mass is 343 g/mol. The van der Waals surface area contributed by atoms with E-state index < -0.39 is 5.82 Å². The minimum absolute atomic E-state index is 0.0734. The van der Waals surface area contributed by atoms with Crippen LogP contribution < -0.4 is 5.32 Å². The lowest BCUT2D eigenvalue weighted by Crippen LogP contribution is -2.24. The molecule has 1 aromatic heterocycles. The zero-order valence-corrected chi connectivity index (χ0v) is 12.5. The molecule has 0 aliphatic heterocycles. The number of hydrogen-bond donors (Lipinski definition) is 1. The molecule has 0 saturated heterocycles. The Morgan fingerprint density at radius 3 is 2.84 bits per heavy atom. The fourth-order valence-corrected chi connectivity index (χ4v) is 2.28. The molecule has 6 heteroatoms. The molecule has 19 heavy (non-hydrogen) atoms. The van der Waals surface area contributed by atoms with Gasteiger partial charge in [-0.25, -0.2) is 4.39 Å².